The van der Waals surface area contributed by atoms with Crippen LogP contribution in [0.3, 0.4) is 0 Å². The minimum Gasteiger partial charge on any atom is -0.469 e. The lowest BCUT2D eigenvalue weighted by molar-refractivity contribution is -0.140. The second-order valence-corrected chi connectivity index (χ2v) is 10.8. The topological polar surface area (TPSA) is 98.1 Å². The Morgan fingerprint density at radius 3 is 2.24 bits per heavy atom. The van der Waals surface area contributed by atoms with Gasteiger partial charge in [-0.2, -0.15) is 5.26 Å². The summed E-state index contributed by atoms with van der Waals surface area (Å²) in [4.78, 5) is 25.9. The summed E-state index contributed by atoms with van der Waals surface area (Å²) in [7, 11) is 2.78. The molecule has 0 spiro atoms. The van der Waals surface area contributed by atoms with Crippen molar-refractivity contribution in [3.05, 3.63) is 125 Å². The predicted molar refractivity (Wildman–Crippen MR) is 171 cm³/mol. The number of hydrogen-bond acceptors (Lipinski definition) is 8. The molecule has 0 N–H and O–H groups in total. The fourth-order valence-electron chi connectivity index (χ4n) is 5.02. The van der Waals surface area contributed by atoms with Crippen LogP contribution < -0.4 is 4.74 Å². The molecule has 0 saturated heterocycles. The van der Waals surface area contributed by atoms with E-state index in [-0.39, 0.29) is 18.0 Å². The lowest BCUT2D eigenvalue weighted by Crippen LogP contribution is -2.30. The first-order chi connectivity index (χ1) is 22.0. The predicted octanol–water partition coefficient (Wildman–Crippen LogP) is 7.08. The second-order valence-electron chi connectivity index (χ2n) is 10.8. The molecule has 8 heteroatoms. The highest BCUT2D eigenvalue weighted by Gasteiger charge is 2.19. The van der Waals surface area contributed by atoms with Crippen LogP contribution in [-0.2, 0) is 32.2 Å². The summed E-state index contributed by atoms with van der Waals surface area (Å²) in [5.74, 6) is 1.02. The zero-order valence-corrected chi connectivity index (χ0v) is 25.9. The van der Waals surface area contributed by atoms with Crippen molar-refractivity contribution in [1.29, 1.82) is 5.26 Å². The number of nitriles is 1. The molecule has 0 amide bonds. The van der Waals surface area contributed by atoms with Crippen molar-refractivity contribution < 1.29 is 28.5 Å². The summed E-state index contributed by atoms with van der Waals surface area (Å²) in [6.07, 6.45) is 6.79. The molecule has 4 rings (SSSR count). The third-order valence-corrected chi connectivity index (χ3v) is 7.59. The molecular weight excluding hydrogens is 568 g/mol. The quantitative estimate of drug-likeness (QED) is 0.126. The number of methoxy groups -OCH3 is 2. The lowest BCUT2D eigenvalue weighted by atomic mass is 10.1. The van der Waals surface area contributed by atoms with Gasteiger partial charge in [0.05, 0.1) is 38.6 Å². The molecule has 0 unspecified atom stereocenters. The summed E-state index contributed by atoms with van der Waals surface area (Å²) in [6, 6.07) is 27.7. The summed E-state index contributed by atoms with van der Waals surface area (Å²) in [6.45, 7) is 2.46. The Kier molecular flexibility index (Phi) is 12.9. The van der Waals surface area contributed by atoms with Gasteiger partial charge in [-0.3, -0.25) is 9.69 Å². The van der Waals surface area contributed by atoms with Crippen LogP contribution in [0.1, 0.15) is 65.3 Å². The van der Waals surface area contributed by atoms with E-state index < -0.39 is 0 Å². The van der Waals surface area contributed by atoms with Crippen LogP contribution in [-0.4, -0.2) is 44.1 Å². The van der Waals surface area contributed by atoms with Gasteiger partial charge in [0.1, 0.15) is 11.5 Å². The molecule has 0 saturated carbocycles. The number of benzene rings is 3. The normalized spacial score (nSPS) is 13.3. The number of carbonyl (C=O) groups is 2. The number of carbonyl (C=O) groups excluding carboxylic acids is 2. The van der Waals surface area contributed by atoms with E-state index in [0.717, 1.165) is 53.2 Å². The summed E-state index contributed by atoms with van der Waals surface area (Å²) < 4.78 is 22.2. The zero-order chi connectivity index (χ0) is 31.9. The van der Waals surface area contributed by atoms with Gasteiger partial charge >= 0.3 is 11.9 Å². The number of ether oxygens (including phenoxy) is 4. The Morgan fingerprint density at radius 2 is 1.60 bits per heavy atom. The SMILES string of the molecule is COC(=O)CCCCN(Cc1ccc(C(=O)OC)cc1)C[C@H](OCc1ccc(OC2=CC=C(C#N)CC2)cc1)c1ccccc1. The van der Waals surface area contributed by atoms with Crippen molar-refractivity contribution >= 4 is 11.9 Å². The first kappa shape index (κ1) is 33.2. The molecule has 0 bridgehead atoms. The van der Waals surface area contributed by atoms with Crippen LogP contribution >= 0.6 is 0 Å². The molecule has 1 atom stereocenters. The molecule has 0 fully saturated rings. The van der Waals surface area contributed by atoms with Crippen LogP contribution in [0.25, 0.3) is 0 Å². The van der Waals surface area contributed by atoms with E-state index in [4.69, 9.17) is 24.2 Å². The van der Waals surface area contributed by atoms with E-state index in [1.165, 1.54) is 14.2 Å². The van der Waals surface area contributed by atoms with E-state index in [1.807, 2.05) is 66.7 Å². The van der Waals surface area contributed by atoms with Crippen molar-refractivity contribution in [3.8, 4) is 11.8 Å². The van der Waals surface area contributed by atoms with Gasteiger partial charge < -0.3 is 18.9 Å². The Labute approximate surface area is 265 Å². The number of hydrogen-bond donors (Lipinski definition) is 0. The number of unbranched alkanes of at least 4 members (excludes halogenated alkanes) is 1. The summed E-state index contributed by atoms with van der Waals surface area (Å²) in [5.41, 5.74) is 4.43. The van der Waals surface area contributed by atoms with Gasteiger partial charge in [-0.1, -0.05) is 54.6 Å². The molecule has 0 aliphatic heterocycles. The van der Waals surface area contributed by atoms with Crippen molar-refractivity contribution in [3.63, 3.8) is 0 Å². The van der Waals surface area contributed by atoms with Crippen LogP contribution in [0.2, 0.25) is 0 Å². The Morgan fingerprint density at radius 1 is 0.867 bits per heavy atom. The summed E-state index contributed by atoms with van der Waals surface area (Å²) >= 11 is 0. The lowest BCUT2D eigenvalue weighted by Gasteiger charge is -2.28. The van der Waals surface area contributed by atoms with E-state index in [2.05, 4.69) is 23.1 Å². The minimum atomic E-state index is -0.365. The number of nitrogens with zero attached hydrogens (tertiary/aromatic N) is 2. The molecule has 45 heavy (non-hydrogen) atoms. The highest BCUT2D eigenvalue weighted by Crippen LogP contribution is 2.25. The average Bonchev–Trinajstić information content (AvgIpc) is 3.09. The van der Waals surface area contributed by atoms with Crippen molar-refractivity contribution in [2.24, 2.45) is 0 Å². The molecule has 0 radical (unpaired) electrons. The molecule has 0 heterocycles. The van der Waals surface area contributed by atoms with Gasteiger partial charge in [0.15, 0.2) is 0 Å². The van der Waals surface area contributed by atoms with Gasteiger partial charge in [-0.05, 0) is 78.9 Å². The monoisotopic (exact) mass is 608 g/mol. The number of allylic oxidation sites excluding steroid dienone is 4. The molecule has 3 aromatic rings. The molecule has 1 aliphatic carbocycles. The third-order valence-electron chi connectivity index (χ3n) is 7.59. The maximum atomic E-state index is 11.9. The first-order valence-corrected chi connectivity index (χ1v) is 15.2. The van der Waals surface area contributed by atoms with Gasteiger partial charge in [0.25, 0.3) is 0 Å². The van der Waals surface area contributed by atoms with Crippen molar-refractivity contribution in [2.75, 3.05) is 27.3 Å². The maximum Gasteiger partial charge on any atom is 0.337 e. The van der Waals surface area contributed by atoms with Crippen molar-refractivity contribution in [2.45, 2.75) is 51.4 Å². The van der Waals surface area contributed by atoms with Crippen LogP contribution in [0.5, 0.6) is 5.75 Å². The fourth-order valence-corrected chi connectivity index (χ4v) is 5.02. The minimum absolute atomic E-state index is 0.203. The van der Waals surface area contributed by atoms with Gasteiger partial charge in [0, 0.05) is 31.5 Å². The highest BCUT2D eigenvalue weighted by atomic mass is 16.5. The molecule has 0 aromatic heterocycles. The van der Waals surface area contributed by atoms with E-state index in [1.54, 1.807) is 12.1 Å². The maximum absolute atomic E-state index is 11.9. The smallest absolute Gasteiger partial charge is 0.337 e. The van der Waals surface area contributed by atoms with E-state index in [9.17, 15) is 9.59 Å². The Balaban J connectivity index is 1.43. The molecular formula is C37H40N2O6. The summed E-state index contributed by atoms with van der Waals surface area (Å²) in [5, 5.41) is 9.05. The van der Waals surface area contributed by atoms with E-state index in [0.29, 0.717) is 44.5 Å². The third kappa shape index (κ3) is 10.8. The van der Waals surface area contributed by atoms with Crippen LogP contribution in [0.4, 0.5) is 0 Å². The van der Waals surface area contributed by atoms with Crippen molar-refractivity contribution in [1.82, 2.24) is 4.90 Å². The number of esters is 2. The van der Waals surface area contributed by atoms with Crippen LogP contribution in [0, 0.1) is 11.3 Å². The van der Waals surface area contributed by atoms with E-state index >= 15 is 0 Å². The molecule has 3 aromatic carbocycles. The molecule has 8 nitrogen and oxygen atoms in total. The fraction of sp³-hybridized carbons (Fsp3) is 0.324. The Bertz CT molecular complexity index is 1490. The molecule has 234 valence electrons. The second kappa shape index (κ2) is 17.6. The highest BCUT2D eigenvalue weighted by molar-refractivity contribution is 5.89. The molecule has 1 aliphatic rings. The van der Waals surface area contributed by atoms with Gasteiger partial charge in [0.2, 0.25) is 0 Å². The van der Waals surface area contributed by atoms with Crippen LogP contribution in [0.15, 0.2) is 102 Å². The zero-order valence-electron chi connectivity index (χ0n) is 25.9. The Hall–Kier alpha value is -4.71. The average molecular weight is 609 g/mol. The number of rotatable bonds is 16. The van der Waals surface area contributed by atoms with Gasteiger partial charge in [-0.25, -0.2) is 4.79 Å². The standard InChI is InChI=1S/C37H40N2O6/c1-42-36(40)10-6-7-23-39(25-29-11-17-32(18-12-29)37(41)43-2)26-35(31-8-4-3-5-9-31)44-27-30-15-21-34(22-16-30)45-33-19-13-28(24-38)14-20-33/h3-5,8-9,11-13,15-19,21-22,35H,6-7,10,14,20,23,25-27H2,1-2H3/t35-/m0/s1. The largest absolute Gasteiger partial charge is 0.469 e. The van der Waals surface area contributed by atoms with Gasteiger partial charge in [-0.15, -0.1) is 0 Å². The first-order valence-electron chi connectivity index (χ1n) is 15.2.